The lowest BCUT2D eigenvalue weighted by Gasteiger charge is -2.23. The monoisotopic (exact) mass is 600 g/mol. The van der Waals surface area contributed by atoms with Crippen LogP contribution in [0.5, 0.6) is 0 Å². The van der Waals surface area contributed by atoms with Crippen molar-refractivity contribution in [2.24, 2.45) is 0 Å². The van der Waals surface area contributed by atoms with Crippen molar-refractivity contribution in [3.05, 3.63) is 155 Å². The summed E-state index contributed by atoms with van der Waals surface area (Å²) in [7, 11) is 0. The first-order valence-electron chi connectivity index (χ1n) is 16.5. The number of rotatable bonds is 9. The molecule has 0 radical (unpaired) electrons. The van der Waals surface area contributed by atoms with E-state index in [2.05, 4.69) is 174 Å². The maximum absolute atomic E-state index is 3.85. The van der Waals surface area contributed by atoms with E-state index < -0.39 is 0 Å². The van der Waals surface area contributed by atoms with Gasteiger partial charge in [0.25, 0.3) is 0 Å². The Morgan fingerprint density at radius 3 is 1.48 bits per heavy atom. The van der Waals surface area contributed by atoms with Crippen LogP contribution in [0.1, 0.15) is 47.2 Å². The van der Waals surface area contributed by atoms with Crippen LogP contribution in [0.2, 0.25) is 0 Å². The van der Waals surface area contributed by atoms with E-state index in [-0.39, 0.29) is 0 Å². The van der Waals surface area contributed by atoms with Crippen molar-refractivity contribution >= 4 is 22.7 Å². The maximum Gasteiger partial charge on any atom is 0.0500 e. The molecule has 0 atom stereocenters. The molecule has 0 aliphatic heterocycles. The van der Waals surface area contributed by atoms with Gasteiger partial charge in [0, 0.05) is 28.3 Å². The summed E-state index contributed by atoms with van der Waals surface area (Å²) in [6, 6.07) is 44.6. The fraction of sp³-hybridized carbons (Fsp3) is 0.182. The molecule has 0 fully saturated rings. The van der Waals surface area contributed by atoms with E-state index in [9.17, 15) is 0 Å². The van der Waals surface area contributed by atoms with Gasteiger partial charge in [0.15, 0.2) is 0 Å². The summed E-state index contributed by atoms with van der Waals surface area (Å²) in [5, 5.41) is 7.49. The zero-order valence-corrected chi connectivity index (χ0v) is 28.0. The van der Waals surface area contributed by atoms with Crippen LogP contribution in [-0.2, 0) is 12.8 Å². The van der Waals surface area contributed by atoms with E-state index in [1.165, 1.54) is 66.8 Å². The molecular formula is C44H44N2. The molecule has 0 saturated heterocycles. The second kappa shape index (κ2) is 13.5. The van der Waals surface area contributed by atoms with Crippen molar-refractivity contribution in [3.63, 3.8) is 0 Å². The van der Waals surface area contributed by atoms with Crippen LogP contribution >= 0.6 is 0 Å². The summed E-state index contributed by atoms with van der Waals surface area (Å²) in [6.45, 7) is 13.1. The van der Waals surface area contributed by atoms with Gasteiger partial charge in [-0.15, -0.1) is 0 Å². The second-order valence-electron chi connectivity index (χ2n) is 12.5. The lowest BCUT2D eigenvalue weighted by atomic mass is 9.85. The highest BCUT2D eigenvalue weighted by Crippen LogP contribution is 2.45. The predicted molar refractivity (Wildman–Crippen MR) is 200 cm³/mol. The van der Waals surface area contributed by atoms with Crippen LogP contribution in [0.25, 0.3) is 33.4 Å². The summed E-state index contributed by atoms with van der Waals surface area (Å²) in [6.07, 6.45) is 2.07. The molecule has 0 saturated carbocycles. The van der Waals surface area contributed by atoms with Crippen molar-refractivity contribution in [2.45, 2.75) is 54.4 Å². The number of nitrogens with one attached hydrogen (secondary N) is 2. The average Bonchev–Trinajstić information content (AvgIpc) is 3.08. The molecule has 0 unspecified atom stereocenters. The third-order valence-corrected chi connectivity index (χ3v) is 9.09. The van der Waals surface area contributed by atoms with Gasteiger partial charge >= 0.3 is 0 Å². The molecule has 2 N–H and O–H groups in total. The summed E-state index contributed by atoms with van der Waals surface area (Å²) in [4.78, 5) is 0. The molecule has 0 bridgehead atoms. The third kappa shape index (κ3) is 6.62. The van der Waals surface area contributed by atoms with Gasteiger partial charge in [0.05, 0.1) is 0 Å². The first kappa shape index (κ1) is 30.9. The summed E-state index contributed by atoms with van der Waals surface area (Å²) in [5.74, 6) is 0. The van der Waals surface area contributed by atoms with Gasteiger partial charge in [0.2, 0.25) is 0 Å². The van der Waals surface area contributed by atoms with E-state index >= 15 is 0 Å². The van der Waals surface area contributed by atoms with E-state index in [1.54, 1.807) is 0 Å². The Labute approximate surface area is 275 Å². The Morgan fingerprint density at radius 1 is 0.457 bits per heavy atom. The molecule has 46 heavy (non-hydrogen) atoms. The lowest BCUT2D eigenvalue weighted by molar-refractivity contribution is 1.14. The SMILES string of the molecule is CCc1ccc(Nc2ccc(-c3cc(-c4ccc(C)cc4)c(Nc4ccc(CC)cc4)c(C)c3-c3ccc(C)cc3)cc2C)cc1. The van der Waals surface area contributed by atoms with Crippen LogP contribution in [0.3, 0.4) is 0 Å². The highest BCUT2D eigenvalue weighted by atomic mass is 14.9. The van der Waals surface area contributed by atoms with Crippen LogP contribution in [-0.4, -0.2) is 0 Å². The largest absolute Gasteiger partial charge is 0.355 e. The molecule has 0 spiro atoms. The van der Waals surface area contributed by atoms with Gasteiger partial charge in [-0.2, -0.15) is 0 Å². The zero-order chi connectivity index (χ0) is 32.2. The highest BCUT2D eigenvalue weighted by Gasteiger charge is 2.20. The molecule has 6 aromatic rings. The lowest BCUT2D eigenvalue weighted by Crippen LogP contribution is -2.01. The number of hydrogen-bond acceptors (Lipinski definition) is 2. The van der Waals surface area contributed by atoms with E-state index in [4.69, 9.17) is 0 Å². The molecule has 2 nitrogen and oxygen atoms in total. The standard InChI is InChI=1S/C44H44N2/c1-7-33-13-22-38(23-14-33)45-42-26-21-37(27-31(42)5)40-28-41(35-17-9-29(3)10-18-35)44(46-39-24-15-34(8-2)16-25-39)32(6)43(40)36-19-11-30(4)12-20-36/h9-28,45-46H,7-8H2,1-6H3. The highest BCUT2D eigenvalue weighted by molar-refractivity contribution is 5.97. The Morgan fingerprint density at radius 2 is 0.957 bits per heavy atom. The number of hydrogen-bond donors (Lipinski definition) is 2. The zero-order valence-electron chi connectivity index (χ0n) is 28.0. The van der Waals surface area contributed by atoms with Gasteiger partial charge < -0.3 is 10.6 Å². The molecule has 0 aromatic heterocycles. The summed E-state index contributed by atoms with van der Waals surface area (Å²) >= 11 is 0. The molecule has 6 aromatic carbocycles. The minimum atomic E-state index is 1.03. The van der Waals surface area contributed by atoms with Gasteiger partial charge in [-0.1, -0.05) is 104 Å². The fourth-order valence-electron chi connectivity index (χ4n) is 6.18. The molecular weight excluding hydrogens is 556 g/mol. The molecule has 0 heterocycles. The Balaban J connectivity index is 1.52. The first-order chi connectivity index (χ1) is 22.3. The van der Waals surface area contributed by atoms with Gasteiger partial charge in [-0.05, 0) is 133 Å². The van der Waals surface area contributed by atoms with Crippen molar-refractivity contribution in [3.8, 4) is 33.4 Å². The number of aryl methyl sites for hydroxylation is 5. The predicted octanol–water partition coefficient (Wildman–Crippen LogP) is 12.5. The summed E-state index contributed by atoms with van der Waals surface area (Å²) in [5.41, 5.74) is 19.4. The Kier molecular flexibility index (Phi) is 9.08. The van der Waals surface area contributed by atoms with Crippen LogP contribution in [0.4, 0.5) is 22.7 Å². The molecule has 6 rings (SSSR count). The van der Waals surface area contributed by atoms with Crippen molar-refractivity contribution < 1.29 is 0 Å². The normalized spacial score (nSPS) is 11.0. The van der Waals surface area contributed by atoms with E-state index in [1.807, 2.05) is 0 Å². The fourth-order valence-corrected chi connectivity index (χ4v) is 6.18. The molecule has 0 aliphatic carbocycles. The van der Waals surface area contributed by atoms with Gasteiger partial charge in [-0.3, -0.25) is 0 Å². The molecule has 0 amide bonds. The van der Waals surface area contributed by atoms with Crippen LogP contribution in [0.15, 0.2) is 121 Å². The quantitative estimate of drug-likeness (QED) is 0.172. The minimum Gasteiger partial charge on any atom is -0.355 e. The van der Waals surface area contributed by atoms with Crippen LogP contribution in [0, 0.1) is 27.7 Å². The summed E-state index contributed by atoms with van der Waals surface area (Å²) < 4.78 is 0. The van der Waals surface area contributed by atoms with Crippen molar-refractivity contribution in [1.82, 2.24) is 0 Å². The Bertz CT molecular complexity index is 1950. The van der Waals surface area contributed by atoms with E-state index in [0.29, 0.717) is 0 Å². The van der Waals surface area contributed by atoms with E-state index in [0.717, 1.165) is 35.6 Å². The average molecular weight is 601 g/mol. The number of benzene rings is 6. The second-order valence-corrected chi connectivity index (χ2v) is 12.5. The molecule has 230 valence electrons. The third-order valence-electron chi connectivity index (χ3n) is 9.09. The molecule has 2 heteroatoms. The Hall–Kier alpha value is -5.08. The smallest absolute Gasteiger partial charge is 0.0500 e. The van der Waals surface area contributed by atoms with Crippen molar-refractivity contribution in [2.75, 3.05) is 10.6 Å². The maximum atomic E-state index is 3.85. The van der Waals surface area contributed by atoms with Crippen LogP contribution < -0.4 is 10.6 Å². The van der Waals surface area contributed by atoms with Gasteiger partial charge in [-0.25, -0.2) is 0 Å². The van der Waals surface area contributed by atoms with Gasteiger partial charge in [0.1, 0.15) is 0 Å². The topological polar surface area (TPSA) is 24.1 Å². The van der Waals surface area contributed by atoms with Crippen molar-refractivity contribution in [1.29, 1.82) is 0 Å². The first-order valence-corrected chi connectivity index (χ1v) is 16.5. The molecule has 0 aliphatic rings. The number of anilines is 4. The minimum absolute atomic E-state index is 1.03.